The van der Waals surface area contributed by atoms with E-state index in [-0.39, 0.29) is 5.91 Å². The molecule has 4 nitrogen and oxygen atoms in total. The van der Waals surface area contributed by atoms with Crippen LogP contribution in [-0.4, -0.2) is 42.0 Å². The predicted molar refractivity (Wildman–Crippen MR) is 135 cm³/mol. The lowest BCUT2D eigenvalue weighted by Crippen LogP contribution is -2.40. The van der Waals surface area contributed by atoms with Crippen LogP contribution in [0, 0.1) is 18.8 Å². The monoisotopic (exact) mass is 469 g/mol. The van der Waals surface area contributed by atoms with Crippen molar-refractivity contribution >= 4 is 40.2 Å². The van der Waals surface area contributed by atoms with Gasteiger partial charge in [0.05, 0.1) is 4.90 Å². The number of nitrogens with zero attached hydrogens (tertiary/aromatic N) is 1. The molecule has 1 fully saturated rings. The molecule has 1 aliphatic rings. The Bertz CT molecular complexity index is 1070. The number of H-pyrrole nitrogens is 1. The van der Waals surface area contributed by atoms with Gasteiger partial charge in [-0.25, -0.2) is 0 Å². The van der Waals surface area contributed by atoms with Crippen molar-refractivity contribution in [3.8, 4) is 0 Å². The number of likely N-dealkylation sites (tertiary alicyclic amines) is 1. The standard InChI is InChI=1S/C26H32ClN3OS/c1-17-5-10-22-23(14-17)29-24(25(22)32-21-8-6-20(27)7-9-21)26(31)28-11-4-12-30-15-18(2)13-19(3)16-30/h5-10,14,18-19,29H,4,11-13,15-16H2,1-3H3,(H,28,31)/t18-,19+. The Morgan fingerprint density at radius 1 is 1.16 bits per heavy atom. The number of fused-ring (bicyclic) bond motifs is 1. The summed E-state index contributed by atoms with van der Waals surface area (Å²) in [6.45, 7) is 10.8. The first-order valence-electron chi connectivity index (χ1n) is 11.5. The number of nitrogens with one attached hydrogen (secondary N) is 2. The minimum atomic E-state index is -0.0457. The molecule has 2 aromatic carbocycles. The summed E-state index contributed by atoms with van der Waals surface area (Å²) in [5.74, 6) is 1.47. The first-order chi connectivity index (χ1) is 15.4. The number of hydrogen-bond donors (Lipinski definition) is 2. The highest BCUT2D eigenvalue weighted by Gasteiger charge is 2.22. The van der Waals surface area contributed by atoms with E-state index < -0.39 is 0 Å². The number of carbonyl (C=O) groups is 1. The fourth-order valence-corrected chi connectivity index (χ4v) is 5.91. The highest BCUT2D eigenvalue weighted by atomic mass is 35.5. The largest absolute Gasteiger partial charge is 0.351 e. The lowest BCUT2D eigenvalue weighted by molar-refractivity contribution is 0.0940. The van der Waals surface area contributed by atoms with Crippen molar-refractivity contribution in [1.29, 1.82) is 0 Å². The van der Waals surface area contributed by atoms with Gasteiger partial charge in [0.15, 0.2) is 0 Å². The topological polar surface area (TPSA) is 48.1 Å². The van der Waals surface area contributed by atoms with Crippen molar-refractivity contribution in [2.45, 2.75) is 43.4 Å². The van der Waals surface area contributed by atoms with E-state index >= 15 is 0 Å². The lowest BCUT2D eigenvalue weighted by Gasteiger charge is -2.34. The van der Waals surface area contributed by atoms with Crippen LogP contribution < -0.4 is 5.32 Å². The third kappa shape index (κ3) is 5.69. The van der Waals surface area contributed by atoms with Crippen LogP contribution in [0.2, 0.25) is 5.02 Å². The number of hydrogen-bond acceptors (Lipinski definition) is 3. The van der Waals surface area contributed by atoms with Gasteiger partial charge in [-0.1, -0.05) is 49.3 Å². The molecule has 2 heterocycles. The number of aryl methyl sites for hydroxylation is 1. The fraction of sp³-hybridized carbons (Fsp3) is 0.423. The first kappa shape index (κ1) is 23.2. The Kier molecular flexibility index (Phi) is 7.49. The second kappa shape index (κ2) is 10.3. The molecular weight excluding hydrogens is 438 g/mol. The van der Waals surface area contributed by atoms with Crippen LogP contribution in [0.25, 0.3) is 10.9 Å². The fourth-order valence-electron chi connectivity index (χ4n) is 4.74. The molecule has 6 heteroatoms. The van der Waals surface area contributed by atoms with E-state index in [4.69, 9.17) is 11.6 Å². The summed E-state index contributed by atoms with van der Waals surface area (Å²) in [6.07, 6.45) is 2.28. The van der Waals surface area contributed by atoms with E-state index in [1.165, 1.54) is 25.1 Å². The Hall–Kier alpha value is -1.95. The van der Waals surface area contributed by atoms with Crippen LogP contribution in [0.1, 0.15) is 42.7 Å². The van der Waals surface area contributed by atoms with Crippen molar-refractivity contribution in [2.24, 2.45) is 11.8 Å². The minimum Gasteiger partial charge on any atom is -0.351 e. The number of aromatic amines is 1. The van der Waals surface area contributed by atoms with Crippen LogP contribution >= 0.6 is 23.4 Å². The molecular formula is C26H32ClN3OS. The number of piperidine rings is 1. The van der Waals surface area contributed by atoms with E-state index in [1.54, 1.807) is 11.8 Å². The maximum Gasteiger partial charge on any atom is 0.268 e. The molecule has 1 aromatic heterocycles. The molecule has 0 bridgehead atoms. The maximum absolute atomic E-state index is 13.1. The molecule has 1 aliphatic heterocycles. The van der Waals surface area contributed by atoms with Crippen LogP contribution in [0.3, 0.4) is 0 Å². The van der Waals surface area contributed by atoms with E-state index in [2.05, 4.69) is 54.2 Å². The zero-order valence-corrected chi connectivity index (χ0v) is 20.7. The van der Waals surface area contributed by atoms with E-state index in [1.807, 2.05) is 24.3 Å². The number of amides is 1. The molecule has 0 unspecified atom stereocenters. The van der Waals surface area contributed by atoms with Gasteiger partial charge in [-0.15, -0.1) is 0 Å². The van der Waals surface area contributed by atoms with Gasteiger partial charge >= 0.3 is 0 Å². The van der Waals surface area contributed by atoms with Crippen LogP contribution in [-0.2, 0) is 0 Å². The summed E-state index contributed by atoms with van der Waals surface area (Å²) in [5, 5.41) is 4.91. The number of carbonyl (C=O) groups excluding carboxylic acids is 1. The molecule has 2 atom stereocenters. The average molecular weight is 470 g/mol. The quantitative estimate of drug-likeness (QED) is 0.395. The minimum absolute atomic E-state index is 0.0457. The second-order valence-electron chi connectivity index (χ2n) is 9.25. The SMILES string of the molecule is Cc1ccc2c(Sc3ccc(Cl)cc3)c(C(=O)NCCCN3C[C@H](C)C[C@H](C)C3)[nH]c2c1. The first-order valence-corrected chi connectivity index (χ1v) is 12.6. The third-order valence-corrected chi connectivity index (χ3v) is 7.44. The van der Waals surface area contributed by atoms with Gasteiger partial charge in [-0.05, 0) is 74.0 Å². The van der Waals surface area contributed by atoms with Gasteiger partial charge in [0, 0.05) is 40.5 Å². The second-order valence-corrected chi connectivity index (χ2v) is 10.8. The summed E-state index contributed by atoms with van der Waals surface area (Å²) in [7, 11) is 0. The maximum atomic E-state index is 13.1. The summed E-state index contributed by atoms with van der Waals surface area (Å²) >= 11 is 7.64. The lowest BCUT2D eigenvalue weighted by atomic mass is 9.92. The Morgan fingerprint density at radius 3 is 2.59 bits per heavy atom. The molecule has 32 heavy (non-hydrogen) atoms. The Morgan fingerprint density at radius 2 is 1.88 bits per heavy atom. The van der Waals surface area contributed by atoms with Gasteiger partial charge in [-0.2, -0.15) is 0 Å². The highest BCUT2D eigenvalue weighted by Crippen LogP contribution is 2.37. The molecule has 3 aromatic rings. The number of halogens is 1. The molecule has 170 valence electrons. The van der Waals surface area contributed by atoms with Crippen molar-refractivity contribution in [3.63, 3.8) is 0 Å². The summed E-state index contributed by atoms with van der Waals surface area (Å²) < 4.78 is 0. The van der Waals surface area contributed by atoms with Crippen LogP contribution in [0.5, 0.6) is 0 Å². The van der Waals surface area contributed by atoms with Gasteiger partial charge in [0.1, 0.15) is 5.69 Å². The summed E-state index contributed by atoms with van der Waals surface area (Å²) in [5.41, 5.74) is 2.78. The smallest absolute Gasteiger partial charge is 0.268 e. The number of rotatable bonds is 7. The van der Waals surface area contributed by atoms with Gasteiger partial charge in [0.2, 0.25) is 0 Å². The zero-order valence-electron chi connectivity index (χ0n) is 19.1. The molecule has 0 aliphatic carbocycles. The summed E-state index contributed by atoms with van der Waals surface area (Å²) in [6, 6.07) is 14.0. The molecule has 2 N–H and O–H groups in total. The molecule has 4 rings (SSSR count). The van der Waals surface area contributed by atoms with Gasteiger partial charge in [0.25, 0.3) is 5.91 Å². The van der Waals surface area contributed by atoms with E-state index in [0.29, 0.717) is 17.3 Å². The van der Waals surface area contributed by atoms with Crippen LogP contribution in [0.15, 0.2) is 52.3 Å². The van der Waals surface area contributed by atoms with Crippen molar-refractivity contribution in [1.82, 2.24) is 15.2 Å². The Labute approximate surface area is 200 Å². The molecule has 0 saturated carbocycles. The van der Waals surface area contributed by atoms with Gasteiger partial charge < -0.3 is 15.2 Å². The highest BCUT2D eigenvalue weighted by molar-refractivity contribution is 7.99. The molecule has 0 spiro atoms. The van der Waals surface area contributed by atoms with Crippen molar-refractivity contribution < 1.29 is 4.79 Å². The average Bonchev–Trinajstić information content (AvgIpc) is 3.09. The molecule has 1 saturated heterocycles. The number of benzene rings is 2. The Balaban J connectivity index is 1.45. The van der Waals surface area contributed by atoms with Gasteiger partial charge in [-0.3, -0.25) is 4.79 Å². The van der Waals surface area contributed by atoms with E-state index in [9.17, 15) is 4.79 Å². The predicted octanol–water partition coefficient (Wildman–Crippen LogP) is 6.38. The third-order valence-electron chi connectivity index (χ3n) is 6.05. The van der Waals surface area contributed by atoms with E-state index in [0.717, 1.165) is 45.5 Å². The molecule has 0 radical (unpaired) electrons. The summed E-state index contributed by atoms with van der Waals surface area (Å²) in [4.78, 5) is 21.0. The normalized spacial score (nSPS) is 19.4. The van der Waals surface area contributed by atoms with Crippen LogP contribution in [0.4, 0.5) is 0 Å². The zero-order chi connectivity index (χ0) is 22.7. The van der Waals surface area contributed by atoms with Crippen molar-refractivity contribution in [3.05, 3.63) is 58.7 Å². The molecule has 1 amide bonds. The van der Waals surface area contributed by atoms with Crippen molar-refractivity contribution in [2.75, 3.05) is 26.2 Å². The number of aromatic nitrogens is 1.